The molecule has 1 heterocycles. The van der Waals surface area contributed by atoms with Gasteiger partial charge in [0.25, 0.3) is 5.91 Å². The van der Waals surface area contributed by atoms with Gasteiger partial charge < -0.3 is 10.4 Å². The first-order valence-electron chi connectivity index (χ1n) is 5.61. The van der Waals surface area contributed by atoms with Crippen LogP contribution in [0.4, 0.5) is 0 Å². The quantitative estimate of drug-likeness (QED) is 0.840. The highest BCUT2D eigenvalue weighted by Crippen LogP contribution is 2.24. The zero-order valence-electron chi connectivity index (χ0n) is 9.06. The predicted octanol–water partition coefficient (Wildman–Crippen LogP) is 1.42. The number of nitrogens with zero attached hydrogens (tertiary/aromatic N) is 1. The van der Waals surface area contributed by atoms with Crippen LogP contribution in [0.1, 0.15) is 35.4 Å². The van der Waals surface area contributed by atoms with E-state index in [2.05, 4.69) is 10.3 Å². The van der Waals surface area contributed by atoms with Crippen molar-refractivity contribution in [2.45, 2.75) is 31.7 Å². The van der Waals surface area contributed by atoms with Crippen LogP contribution in [-0.2, 0) is 0 Å². The number of nitrogens with one attached hydrogen (secondary N) is 1. The fraction of sp³-hybridized carbons (Fsp3) is 0.636. The van der Waals surface area contributed by atoms with Crippen molar-refractivity contribution < 1.29 is 9.90 Å². The Morgan fingerprint density at radius 1 is 1.56 bits per heavy atom. The Morgan fingerprint density at radius 3 is 3.06 bits per heavy atom. The van der Waals surface area contributed by atoms with Gasteiger partial charge in [0.1, 0.15) is 4.88 Å². The van der Waals surface area contributed by atoms with Crippen molar-refractivity contribution in [1.82, 2.24) is 10.3 Å². The van der Waals surface area contributed by atoms with Gasteiger partial charge in [-0.3, -0.25) is 9.78 Å². The van der Waals surface area contributed by atoms with Crippen LogP contribution < -0.4 is 5.32 Å². The number of aromatic nitrogens is 1. The number of thiazole rings is 1. The topological polar surface area (TPSA) is 62.2 Å². The van der Waals surface area contributed by atoms with Crippen molar-refractivity contribution in [3.8, 4) is 0 Å². The van der Waals surface area contributed by atoms with E-state index in [1.807, 2.05) is 0 Å². The second-order valence-electron chi connectivity index (χ2n) is 4.17. The summed E-state index contributed by atoms with van der Waals surface area (Å²) in [7, 11) is 0. The molecular formula is C11H16N2O2S. The molecule has 4 nitrogen and oxygen atoms in total. The summed E-state index contributed by atoms with van der Waals surface area (Å²) in [5.74, 6) is 0.151. The Bertz CT molecular complexity index is 340. The molecule has 0 spiro atoms. The van der Waals surface area contributed by atoms with Crippen LogP contribution in [-0.4, -0.2) is 28.6 Å². The minimum Gasteiger partial charge on any atom is -0.396 e. The van der Waals surface area contributed by atoms with Crippen LogP contribution in [0.5, 0.6) is 0 Å². The average molecular weight is 240 g/mol. The highest BCUT2D eigenvalue weighted by Gasteiger charge is 2.26. The normalized spacial score (nSPS) is 25.3. The molecule has 1 saturated carbocycles. The third-order valence-electron chi connectivity index (χ3n) is 3.12. The molecule has 1 amide bonds. The molecule has 1 aliphatic carbocycles. The molecule has 88 valence electrons. The summed E-state index contributed by atoms with van der Waals surface area (Å²) in [6.45, 7) is 0.160. The molecule has 2 rings (SSSR count). The van der Waals surface area contributed by atoms with E-state index in [9.17, 15) is 9.90 Å². The van der Waals surface area contributed by atoms with Crippen molar-refractivity contribution in [2.75, 3.05) is 6.61 Å². The lowest BCUT2D eigenvalue weighted by Crippen LogP contribution is -2.43. The number of carbonyl (C=O) groups excluding carboxylic acids is 1. The Kier molecular flexibility index (Phi) is 3.90. The maximum absolute atomic E-state index is 11.8. The third kappa shape index (κ3) is 2.59. The zero-order valence-corrected chi connectivity index (χ0v) is 9.87. The van der Waals surface area contributed by atoms with Crippen molar-refractivity contribution >= 4 is 17.2 Å². The van der Waals surface area contributed by atoms with E-state index in [1.54, 1.807) is 11.7 Å². The van der Waals surface area contributed by atoms with Crippen LogP contribution in [0.3, 0.4) is 0 Å². The first kappa shape index (κ1) is 11.5. The number of aliphatic hydroxyl groups excluding tert-OH is 1. The SMILES string of the molecule is O=C(NC1CCCCC1CO)c1cncs1. The summed E-state index contributed by atoms with van der Waals surface area (Å²) in [6.07, 6.45) is 5.83. The molecule has 0 bridgehead atoms. The second kappa shape index (κ2) is 5.41. The van der Waals surface area contributed by atoms with Crippen molar-refractivity contribution in [2.24, 2.45) is 5.92 Å². The third-order valence-corrected chi connectivity index (χ3v) is 3.89. The molecule has 16 heavy (non-hydrogen) atoms. The molecule has 0 saturated heterocycles. The highest BCUT2D eigenvalue weighted by molar-refractivity contribution is 7.11. The Morgan fingerprint density at radius 2 is 2.38 bits per heavy atom. The van der Waals surface area contributed by atoms with Crippen molar-refractivity contribution in [1.29, 1.82) is 0 Å². The lowest BCUT2D eigenvalue weighted by Gasteiger charge is -2.30. The summed E-state index contributed by atoms with van der Waals surface area (Å²) in [5, 5.41) is 12.2. The van der Waals surface area contributed by atoms with E-state index in [-0.39, 0.29) is 24.5 Å². The van der Waals surface area contributed by atoms with Crippen LogP contribution in [0.25, 0.3) is 0 Å². The Balaban J connectivity index is 1.95. The fourth-order valence-corrected chi connectivity index (χ4v) is 2.71. The van der Waals surface area contributed by atoms with Gasteiger partial charge in [-0.15, -0.1) is 11.3 Å². The molecule has 5 heteroatoms. The molecule has 0 aliphatic heterocycles. The number of hydrogen-bond donors (Lipinski definition) is 2. The Hall–Kier alpha value is -0.940. The molecule has 2 atom stereocenters. The fourth-order valence-electron chi connectivity index (χ4n) is 2.18. The molecule has 1 aliphatic rings. The maximum Gasteiger partial charge on any atom is 0.263 e. The first-order valence-corrected chi connectivity index (χ1v) is 6.49. The Labute approximate surface area is 98.7 Å². The van der Waals surface area contributed by atoms with Gasteiger partial charge in [0.2, 0.25) is 0 Å². The number of rotatable bonds is 3. The van der Waals surface area contributed by atoms with Gasteiger partial charge in [0.15, 0.2) is 0 Å². The second-order valence-corrected chi connectivity index (χ2v) is 5.06. The van der Waals surface area contributed by atoms with Crippen LogP contribution in [0, 0.1) is 5.92 Å². The van der Waals surface area contributed by atoms with Gasteiger partial charge in [-0.05, 0) is 12.8 Å². The molecule has 0 aromatic carbocycles. The van der Waals surface area contributed by atoms with E-state index in [4.69, 9.17) is 0 Å². The van der Waals surface area contributed by atoms with Gasteiger partial charge in [-0.1, -0.05) is 12.8 Å². The van der Waals surface area contributed by atoms with Gasteiger partial charge in [-0.2, -0.15) is 0 Å². The van der Waals surface area contributed by atoms with E-state index in [0.29, 0.717) is 4.88 Å². The average Bonchev–Trinajstić information content (AvgIpc) is 2.83. The van der Waals surface area contributed by atoms with Gasteiger partial charge in [0.05, 0.1) is 11.7 Å². The molecule has 2 N–H and O–H groups in total. The molecule has 1 aromatic heterocycles. The number of carbonyl (C=O) groups is 1. The zero-order chi connectivity index (χ0) is 11.4. The number of aliphatic hydroxyl groups is 1. The summed E-state index contributed by atoms with van der Waals surface area (Å²) < 4.78 is 0. The van der Waals surface area contributed by atoms with Crippen molar-refractivity contribution in [3.05, 3.63) is 16.6 Å². The predicted molar refractivity (Wildman–Crippen MR) is 62.4 cm³/mol. The molecular weight excluding hydrogens is 224 g/mol. The standard InChI is InChI=1S/C11H16N2O2S/c14-6-8-3-1-2-4-9(8)13-11(15)10-5-12-7-16-10/h5,7-9,14H,1-4,6H2,(H,13,15). The number of amides is 1. The van der Waals surface area contributed by atoms with E-state index in [0.717, 1.165) is 25.7 Å². The molecule has 1 fully saturated rings. The van der Waals surface area contributed by atoms with Crippen LogP contribution in [0.2, 0.25) is 0 Å². The van der Waals surface area contributed by atoms with Gasteiger partial charge in [0, 0.05) is 18.6 Å². The highest BCUT2D eigenvalue weighted by atomic mass is 32.1. The molecule has 2 unspecified atom stereocenters. The minimum absolute atomic E-state index is 0.0622. The monoisotopic (exact) mass is 240 g/mol. The first-order chi connectivity index (χ1) is 7.81. The van der Waals surface area contributed by atoms with E-state index < -0.39 is 0 Å². The summed E-state index contributed by atoms with van der Waals surface area (Å²) >= 11 is 1.34. The minimum atomic E-state index is -0.0622. The molecule has 1 aromatic rings. The smallest absolute Gasteiger partial charge is 0.263 e. The van der Waals surface area contributed by atoms with Crippen LogP contribution in [0.15, 0.2) is 11.7 Å². The lowest BCUT2D eigenvalue weighted by molar-refractivity contribution is 0.0876. The van der Waals surface area contributed by atoms with E-state index >= 15 is 0 Å². The number of hydrogen-bond acceptors (Lipinski definition) is 4. The summed E-state index contributed by atoms with van der Waals surface area (Å²) in [5.41, 5.74) is 1.65. The van der Waals surface area contributed by atoms with Crippen molar-refractivity contribution in [3.63, 3.8) is 0 Å². The molecule has 0 radical (unpaired) electrons. The van der Waals surface area contributed by atoms with Crippen LogP contribution >= 0.6 is 11.3 Å². The van der Waals surface area contributed by atoms with Gasteiger partial charge >= 0.3 is 0 Å². The van der Waals surface area contributed by atoms with E-state index in [1.165, 1.54) is 11.3 Å². The van der Waals surface area contributed by atoms with Gasteiger partial charge in [-0.25, -0.2) is 0 Å². The lowest BCUT2D eigenvalue weighted by atomic mass is 9.85. The summed E-state index contributed by atoms with van der Waals surface area (Å²) in [6, 6.07) is 0.119. The summed E-state index contributed by atoms with van der Waals surface area (Å²) in [4.78, 5) is 16.3. The maximum atomic E-state index is 11.8. The largest absolute Gasteiger partial charge is 0.396 e.